The van der Waals surface area contributed by atoms with Crippen LogP contribution in [0.4, 0.5) is 13.2 Å². The number of aryl methyl sites for hydroxylation is 10. The average Bonchev–Trinajstić information content (AvgIpc) is 3.06. The molecule has 4 aromatic carbocycles. The van der Waals surface area contributed by atoms with Crippen LogP contribution in [0.25, 0.3) is 0 Å². The van der Waals surface area contributed by atoms with Crippen molar-refractivity contribution < 1.29 is 62.7 Å². The molecular weight excluding hydrogens is 853 g/mol. The van der Waals surface area contributed by atoms with Gasteiger partial charge in [0.2, 0.25) is 0 Å². The van der Waals surface area contributed by atoms with Crippen LogP contribution < -0.4 is 0 Å². The third kappa shape index (κ3) is 13.7. The summed E-state index contributed by atoms with van der Waals surface area (Å²) in [4.78, 5) is 38.3. The molecule has 0 saturated carbocycles. The molecule has 4 rings (SSSR count). The minimum atomic E-state index is -6.09. The minimum absolute atomic E-state index is 0. The standard InChI is InChI=1S/C46H52N2O4.CHF3O3S.Co/c1-25-13-26(2)20-37(19-25)43(47-23-39(35(11)49)45(51)41-31(7)15-29(5)16-32(41)8)44(38-21-27(3)14-28(4)22-38)48-24-40(36(12)50)46(52)42-33(9)17-30(6)18-34(42)10;2-1(3,4)8(5,6)7;/h13-24,43-44,49-50H,1-12H3;(H,5,6,7);/p-1/b39-35+,40-36+,47-23?,48-24?;;/t43-,44-;;/m0../s1. The van der Waals surface area contributed by atoms with E-state index in [0.29, 0.717) is 11.1 Å². The number of ketones is 2. The molecule has 0 aliphatic heterocycles. The fourth-order valence-electron chi connectivity index (χ4n) is 7.35. The van der Waals surface area contributed by atoms with Crippen molar-refractivity contribution in [3.05, 3.63) is 161 Å². The fraction of sp³-hybridized carbons (Fsp3) is 0.319. The molecule has 0 bridgehead atoms. The number of benzene rings is 4. The summed E-state index contributed by atoms with van der Waals surface area (Å²) in [5, 5.41) is 21.8. The number of carbonyl (C=O) groups is 2. The van der Waals surface area contributed by atoms with Crippen molar-refractivity contribution in [3.8, 4) is 0 Å². The summed E-state index contributed by atoms with van der Waals surface area (Å²) in [6.45, 7) is 22.6. The first-order valence-electron chi connectivity index (χ1n) is 18.9. The van der Waals surface area contributed by atoms with Gasteiger partial charge in [-0.05, 0) is 116 Å². The Labute approximate surface area is 367 Å². The number of aliphatic hydroxyl groups is 2. The largest absolute Gasteiger partial charge is 0.741 e. The second kappa shape index (κ2) is 21.1. The van der Waals surface area contributed by atoms with E-state index in [1.54, 1.807) is 0 Å². The molecule has 0 amide bonds. The van der Waals surface area contributed by atoms with Crippen LogP contribution in [0.3, 0.4) is 0 Å². The second-order valence-electron chi connectivity index (χ2n) is 15.4. The fourth-order valence-corrected chi connectivity index (χ4v) is 7.35. The van der Waals surface area contributed by atoms with E-state index in [1.165, 1.54) is 26.3 Å². The van der Waals surface area contributed by atoms with Crippen molar-refractivity contribution in [1.29, 1.82) is 0 Å². The van der Waals surface area contributed by atoms with Gasteiger partial charge in [-0.15, -0.1) is 0 Å². The van der Waals surface area contributed by atoms with Crippen LogP contribution in [-0.2, 0) is 26.9 Å². The van der Waals surface area contributed by atoms with Crippen molar-refractivity contribution in [2.24, 2.45) is 9.98 Å². The zero-order valence-electron chi connectivity index (χ0n) is 36.3. The summed E-state index contributed by atoms with van der Waals surface area (Å²) in [7, 11) is -6.09. The molecule has 0 spiro atoms. The molecule has 9 nitrogen and oxygen atoms in total. The first kappa shape index (κ1) is 52.0. The van der Waals surface area contributed by atoms with E-state index in [0.717, 1.165) is 66.8 Å². The quantitative estimate of drug-likeness (QED) is 0.0379. The Bertz CT molecular complexity index is 2310. The molecule has 0 unspecified atom stereocenters. The van der Waals surface area contributed by atoms with E-state index in [4.69, 9.17) is 23.0 Å². The van der Waals surface area contributed by atoms with Crippen LogP contribution >= 0.6 is 0 Å². The maximum Gasteiger partial charge on any atom is 0.485 e. The van der Waals surface area contributed by atoms with Gasteiger partial charge in [0, 0.05) is 40.3 Å². The molecule has 0 heterocycles. The number of Topliss-reactive ketones (excluding diaryl/α,β-unsaturated/α-hetero) is 2. The number of hydrogen-bond donors (Lipinski definition) is 2. The van der Waals surface area contributed by atoms with Crippen molar-refractivity contribution in [2.75, 3.05) is 0 Å². The first-order valence-corrected chi connectivity index (χ1v) is 20.3. The number of hydrogen-bond acceptors (Lipinski definition) is 9. The van der Waals surface area contributed by atoms with Crippen LogP contribution in [0.15, 0.2) is 93.3 Å². The first-order chi connectivity index (χ1) is 27.6. The van der Waals surface area contributed by atoms with Crippen LogP contribution in [-0.4, -0.2) is 52.7 Å². The van der Waals surface area contributed by atoms with Gasteiger partial charge in [-0.2, -0.15) is 13.2 Å². The predicted molar refractivity (Wildman–Crippen MR) is 231 cm³/mol. The number of halogens is 3. The molecule has 14 heteroatoms. The van der Waals surface area contributed by atoms with Crippen LogP contribution in [0, 0.1) is 69.2 Å². The smallest absolute Gasteiger partial charge is 0.485 e. The van der Waals surface area contributed by atoms with E-state index in [-0.39, 0.29) is 51.0 Å². The summed E-state index contributed by atoms with van der Waals surface area (Å²) in [5.74, 6) is -0.927. The van der Waals surface area contributed by atoms with E-state index in [2.05, 4.69) is 12.1 Å². The Morgan fingerprint density at radius 1 is 0.557 bits per heavy atom. The average molecular weight is 905 g/mol. The molecular formula is C47H52CoF3N2O7S-. The van der Waals surface area contributed by atoms with E-state index < -0.39 is 27.7 Å². The van der Waals surface area contributed by atoms with E-state index in [1.807, 2.05) is 118 Å². The van der Waals surface area contributed by atoms with Crippen molar-refractivity contribution in [1.82, 2.24) is 0 Å². The zero-order valence-corrected chi connectivity index (χ0v) is 38.1. The van der Waals surface area contributed by atoms with Crippen LogP contribution in [0.2, 0.25) is 0 Å². The number of nitrogens with zero attached hydrogens (tertiary/aromatic N) is 2. The van der Waals surface area contributed by atoms with Gasteiger partial charge in [0.05, 0.1) is 11.1 Å². The molecule has 1 radical (unpaired) electrons. The minimum Gasteiger partial charge on any atom is -0.741 e. The molecule has 0 aliphatic rings. The molecule has 61 heavy (non-hydrogen) atoms. The Kier molecular flexibility index (Phi) is 18.0. The predicted octanol–water partition coefficient (Wildman–Crippen LogP) is 11.2. The molecule has 329 valence electrons. The molecule has 0 aliphatic carbocycles. The van der Waals surface area contributed by atoms with Crippen LogP contribution in [0.1, 0.15) is 113 Å². The van der Waals surface area contributed by atoms with Gasteiger partial charge in [0.15, 0.2) is 21.7 Å². The summed E-state index contributed by atoms with van der Waals surface area (Å²) in [6.07, 6.45) is 2.92. The normalized spacial score (nSPS) is 13.8. The monoisotopic (exact) mass is 904 g/mol. The summed E-state index contributed by atoms with van der Waals surface area (Å²) in [5.41, 5.74) is 6.77. The van der Waals surface area contributed by atoms with Gasteiger partial charge in [0.25, 0.3) is 0 Å². The third-order valence-corrected chi connectivity index (χ3v) is 10.1. The Morgan fingerprint density at radius 3 is 1.00 bits per heavy atom. The van der Waals surface area contributed by atoms with E-state index >= 15 is 0 Å². The Balaban J connectivity index is 0.00000129. The molecule has 0 aromatic heterocycles. The molecule has 2 N–H and O–H groups in total. The number of aliphatic imine (C=N–C) groups is 2. The van der Waals surface area contributed by atoms with Gasteiger partial charge < -0.3 is 14.8 Å². The van der Waals surface area contributed by atoms with Gasteiger partial charge >= 0.3 is 5.51 Å². The van der Waals surface area contributed by atoms with Crippen LogP contribution in [0.5, 0.6) is 0 Å². The zero-order chi connectivity index (χ0) is 45.6. The van der Waals surface area contributed by atoms with Crippen molar-refractivity contribution in [2.45, 2.75) is 101 Å². The number of aliphatic hydroxyl groups excluding tert-OH is 2. The summed E-state index contributed by atoms with van der Waals surface area (Å²) < 4.78 is 58.9. The maximum absolute atomic E-state index is 14.1. The van der Waals surface area contributed by atoms with E-state index in [9.17, 15) is 33.0 Å². The maximum atomic E-state index is 14.1. The van der Waals surface area contributed by atoms with Gasteiger partial charge in [-0.3, -0.25) is 19.6 Å². The van der Waals surface area contributed by atoms with Gasteiger partial charge in [0.1, 0.15) is 23.6 Å². The SMILES string of the molecule is C/C(O)=C(/C=N[C@@H](c1cc(C)cc(C)c1)[C@@H](N=C/C(C(=O)c1c(C)cc(C)cc1C)=C(/C)O)c1cc(C)cc(C)c1)C(=O)c1c(C)cc(C)cc1C.O=S(=O)([O-])C(F)(F)F.[Co]. The second-order valence-corrected chi connectivity index (χ2v) is 16.8. The topological polar surface area (TPSA) is 157 Å². The molecule has 0 fully saturated rings. The third-order valence-electron chi connectivity index (χ3n) is 9.56. The number of carbonyl (C=O) groups excluding carboxylic acids is 2. The number of rotatable bonds is 11. The Morgan fingerprint density at radius 2 is 0.787 bits per heavy atom. The van der Waals surface area contributed by atoms with Crippen molar-refractivity contribution >= 4 is 34.1 Å². The summed E-state index contributed by atoms with van der Waals surface area (Å²) in [6, 6.07) is 18.8. The number of allylic oxidation sites excluding steroid dienone is 4. The number of alkyl halides is 3. The summed E-state index contributed by atoms with van der Waals surface area (Å²) >= 11 is 0. The molecule has 0 saturated heterocycles. The Hall–Kier alpha value is -5.15. The van der Waals surface area contributed by atoms with Gasteiger partial charge in [-0.1, -0.05) is 94.0 Å². The molecule has 2 atom stereocenters. The van der Waals surface area contributed by atoms with Gasteiger partial charge in [-0.25, -0.2) is 8.42 Å². The van der Waals surface area contributed by atoms with Crippen molar-refractivity contribution in [3.63, 3.8) is 0 Å². The molecule has 4 aromatic rings.